The molecule has 0 saturated carbocycles. The predicted octanol–water partition coefficient (Wildman–Crippen LogP) is 4.76. The van der Waals surface area contributed by atoms with Crippen LogP contribution in [0.5, 0.6) is 0 Å². The summed E-state index contributed by atoms with van der Waals surface area (Å²) >= 11 is 5.88. The summed E-state index contributed by atoms with van der Waals surface area (Å²) < 4.78 is 7.23. The van der Waals surface area contributed by atoms with E-state index in [2.05, 4.69) is 21.5 Å². The number of aromatic carboxylic acids is 1. The highest BCUT2D eigenvalue weighted by Gasteiger charge is 2.35. The Balaban J connectivity index is 1.41. The van der Waals surface area contributed by atoms with Crippen molar-refractivity contribution in [2.24, 2.45) is 7.05 Å². The molecule has 1 aliphatic heterocycles. The zero-order valence-corrected chi connectivity index (χ0v) is 21.2. The molecule has 0 spiro atoms. The van der Waals surface area contributed by atoms with E-state index < -0.39 is 12.1 Å². The van der Waals surface area contributed by atoms with Crippen molar-refractivity contribution in [1.82, 2.24) is 19.7 Å². The van der Waals surface area contributed by atoms with Gasteiger partial charge in [0.25, 0.3) is 0 Å². The number of pyridine rings is 2. The van der Waals surface area contributed by atoms with E-state index in [1.807, 2.05) is 56.0 Å². The first-order valence-corrected chi connectivity index (χ1v) is 12.1. The SMILES string of the molecule is Cc1cc([C@@H](C)Nc2ccc(Cl)nc2C(=O)O)nc(N2C(=O)OC[C@@H]2Cc2ccc3c(cnn3C)c2)c1. The number of aromatic nitrogens is 4. The van der Waals surface area contributed by atoms with Crippen molar-refractivity contribution in [2.45, 2.75) is 32.4 Å². The van der Waals surface area contributed by atoms with Crippen LogP contribution in [-0.4, -0.2) is 49.6 Å². The van der Waals surface area contributed by atoms with E-state index in [4.69, 9.17) is 21.3 Å². The van der Waals surface area contributed by atoms with E-state index in [1.165, 1.54) is 6.07 Å². The Morgan fingerprint density at radius 1 is 1.24 bits per heavy atom. The van der Waals surface area contributed by atoms with Crippen LogP contribution in [0.15, 0.2) is 48.7 Å². The van der Waals surface area contributed by atoms with E-state index in [9.17, 15) is 14.7 Å². The first-order valence-electron chi connectivity index (χ1n) is 11.7. The monoisotopic (exact) mass is 520 g/mol. The molecule has 1 fully saturated rings. The smallest absolute Gasteiger partial charge is 0.415 e. The first-order chi connectivity index (χ1) is 17.7. The molecule has 37 heavy (non-hydrogen) atoms. The van der Waals surface area contributed by atoms with Crippen molar-refractivity contribution in [2.75, 3.05) is 16.8 Å². The van der Waals surface area contributed by atoms with Crippen molar-refractivity contribution < 1.29 is 19.4 Å². The number of amides is 1. The number of halogens is 1. The third-order valence-electron chi connectivity index (χ3n) is 6.35. The number of carbonyl (C=O) groups excluding carboxylic acids is 1. The molecule has 1 amide bonds. The van der Waals surface area contributed by atoms with Crippen molar-refractivity contribution in [3.63, 3.8) is 0 Å². The third kappa shape index (κ3) is 4.92. The number of benzene rings is 1. The van der Waals surface area contributed by atoms with Gasteiger partial charge in [-0.2, -0.15) is 5.10 Å². The number of nitrogens with zero attached hydrogens (tertiary/aromatic N) is 5. The van der Waals surface area contributed by atoms with Gasteiger partial charge in [0.2, 0.25) is 0 Å². The van der Waals surface area contributed by atoms with E-state index in [-0.39, 0.29) is 29.5 Å². The Labute approximate surface area is 217 Å². The number of anilines is 2. The van der Waals surface area contributed by atoms with Gasteiger partial charge in [0.15, 0.2) is 5.69 Å². The highest BCUT2D eigenvalue weighted by atomic mass is 35.5. The topological polar surface area (TPSA) is 122 Å². The number of carbonyl (C=O) groups is 2. The molecule has 190 valence electrons. The van der Waals surface area contributed by atoms with Crippen molar-refractivity contribution in [3.8, 4) is 0 Å². The molecule has 2 N–H and O–H groups in total. The molecule has 1 saturated heterocycles. The maximum atomic E-state index is 12.8. The zero-order chi connectivity index (χ0) is 26.3. The van der Waals surface area contributed by atoms with Crippen LogP contribution in [0.1, 0.15) is 40.3 Å². The number of rotatable bonds is 7. The summed E-state index contributed by atoms with van der Waals surface area (Å²) in [7, 11) is 1.90. The molecule has 10 nitrogen and oxygen atoms in total. The first kappa shape index (κ1) is 24.5. The minimum Gasteiger partial charge on any atom is -0.476 e. The lowest BCUT2D eigenvalue weighted by atomic mass is 10.0. The van der Waals surface area contributed by atoms with Crippen LogP contribution in [0.25, 0.3) is 10.9 Å². The minimum atomic E-state index is -1.19. The Bertz CT molecular complexity index is 1520. The molecule has 1 aromatic carbocycles. The molecule has 0 aliphatic carbocycles. The summed E-state index contributed by atoms with van der Waals surface area (Å²) in [6.07, 6.45) is 1.96. The standard InChI is InChI=1S/C26H25ClN6O4/c1-14-8-20(15(2)29-19-5-7-22(27)31-24(19)25(34)35)30-23(9-14)33-18(13-37-26(33)36)11-16-4-6-21-17(10-16)12-28-32(21)3/h4-10,12,15,18,29H,11,13H2,1-3H3,(H,34,35)/t15-,18+/m1/s1. The van der Waals surface area contributed by atoms with Gasteiger partial charge in [0.1, 0.15) is 17.6 Å². The largest absolute Gasteiger partial charge is 0.476 e. The van der Waals surface area contributed by atoms with Crippen LogP contribution >= 0.6 is 11.6 Å². The Hall–Kier alpha value is -4.18. The van der Waals surface area contributed by atoms with Gasteiger partial charge in [0, 0.05) is 12.4 Å². The number of fused-ring (bicyclic) bond motifs is 1. The highest BCUT2D eigenvalue weighted by molar-refractivity contribution is 6.29. The summed E-state index contributed by atoms with van der Waals surface area (Å²) in [6, 6.07) is 12.3. The second kappa shape index (κ2) is 9.70. The fraction of sp³-hybridized carbons (Fsp3) is 0.269. The van der Waals surface area contributed by atoms with Gasteiger partial charge in [-0.3, -0.25) is 9.58 Å². The van der Waals surface area contributed by atoms with Gasteiger partial charge in [-0.05, 0) is 67.8 Å². The summed E-state index contributed by atoms with van der Waals surface area (Å²) in [4.78, 5) is 34.7. The maximum absolute atomic E-state index is 12.8. The summed E-state index contributed by atoms with van der Waals surface area (Å²) in [6.45, 7) is 4.02. The van der Waals surface area contributed by atoms with Gasteiger partial charge in [-0.15, -0.1) is 0 Å². The van der Waals surface area contributed by atoms with Crippen molar-refractivity contribution in [1.29, 1.82) is 0 Å². The number of hydrogen-bond donors (Lipinski definition) is 2. The van der Waals surface area contributed by atoms with Crippen LogP contribution in [0, 0.1) is 6.92 Å². The number of nitrogens with one attached hydrogen (secondary N) is 1. The lowest BCUT2D eigenvalue weighted by molar-refractivity contribution is 0.0691. The van der Waals surface area contributed by atoms with E-state index >= 15 is 0 Å². The van der Waals surface area contributed by atoms with E-state index in [0.29, 0.717) is 23.6 Å². The third-order valence-corrected chi connectivity index (χ3v) is 6.56. The zero-order valence-electron chi connectivity index (χ0n) is 20.5. The Morgan fingerprint density at radius 2 is 2.05 bits per heavy atom. The maximum Gasteiger partial charge on any atom is 0.415 e. The number of hydrogen-bond acceptors (Lipinski definition) is 7. The van der Waals surface area contributed by atoms with Crippen molar-refractivity contribution in [3.05, 3.63) is 76.3 Å². The van der Waals surface area contributed by atoms with Gasteiger partial charge < -0.3 is 15.2 Å². The average molecular weight is 521 g/mol. The van der Waals surface area contributed by atoms with Gasteiger partial charge in [-0.25, -0.2) is 19.6 Å². The Morgan fingerprint density at radius 3 is 2.84 bits per heavy atom. The molecular formula is C26H25ClN6O4. The number of cyclic esters (lactones) is 1. The fourth-order valence-corrected chi connectivity index (χ4v) is 4.69. The number of carboxylic acids is 1. The number of carboxylic acid groups (broad SMARTS) is 1. The van der Waals surface area contributed by atoms with E-state index in [1.54, 1.807) is 11.0 Å². The van der Waals surface area contributed by atoms with Crippen LogP contribution < -0.4 is 10.2 Å². The van der Waals surface area contributed by atoms with Crippen LogP contribution in [0.2, 0.25) is 5.15 Å². The molecule has 4 aromatic rings. The molecule has 4 heterocycles. The van der Waals surface area contributed by atoms with Gasteiger partial charge in [-0.1, -0.05) is 17.7 Å². The Kier molecular flexibility index (Phi) is 6.43. The second-order valence-corrected chi connectivity index (χ2v) is 9.48. The average Bonchev–Trinajstić information content (AvgIpc) is 3.41. The summed E-state index contributed by atoms with van der Waals surface area (Å²) in [5.41, 5.74) is 3.77. The molecule has 11 heteroatoms. The minimum absolute atomic E-state index is 0.0906. The second-order valence-electron chi connectivity index (χ2n) is 9.10. The van der Waals surface area contributed by atoms with Crippen LogP contribution in [0.4, 0.5) is 16.3 Å². The molecule has 2 atom stereocenters. The summed E-state index contributed by atoms with van der Waals surface area (Å²) in [5.74, 6) is -0.714. The molecule has 0 bridgehead atoms. The molecule has 0 unspecified atom stereocenters. The van der Waals surface area contributed by atoms with Gasteiger partial charge >= 0.3 is 12.1 Å². The molecule has 1 aliphatic rings. The van der Waals surface area contributed by atoms with Crippen LogP contribution in [-0.2, 0) is 18.2 Å². The lowest BCUT2D eigenvalue weighted by Gasteiger charge is -2.23. The lowest BCUT2D eigenvalue weighted by Crippen LogP contribution is -2.36. The van der Waals surface area contributed by atoms with E-state index in [0.717, 1.165) is 22.0 Å². The predicted molar refractivity (Wildman–Crippen MR) is 139 cm³/mol. The fourth-order valence-electron chi connectivity index (χ4n) is 4.55. The molecule has 0 radical (unpaired) electrons. The highest BCUT2D eigenvalue weighted by Crippen LogP contribution is 2.29. The molecule has 5 rings (SSSR count). The normalized spacial score (nSPS) is 16.2. The van der Waals surface area contributed by atoms with Crippen molar-refractivity contribution >= 4 is 46.1 Å². The van der Waals surface area contributed by atoms with Crippen LogP contribution in [0.3, 0.4) is 0 Å². The summed E-state index contributed by atoms with van der Waals surface area (Å²) in [5, 5.41) is 18.1. The molecular weight excluding hydrogens is 496 g/mol. The molecule has 3 aromatic heterocycles. The number of aryl methyl sites for hydroxylation is 2. The number of ether oxygens (including phenoxy) is 1. The van der Waals surface area contributed by atoms with Gasteiger partial charge in [0.05, 0.1) is 35.2 Å². The quantitative estimate of drug-likeness (QED) is 0.334.